The average Bonchev–Trinajstić information content (AvgIpc) is 2.21. The van der Waals surface area contributed by atoms with E-state index in [1.54, 1.807) is 18.2 Å². The zero-order chi connectivity index (χ0) is 10.6. The van der Waals surface area contributed by atoms with Crippen LogP contribution < -0.4 is 11.5 Å². The summed E-state index contributed by atoms with van der Waals surface area (Å²) in [4.78, 5) is 0. The largest absolute Gasteiger partial charge is 0.508 e. The molecule has 0 aromatic heterocycles. The van der Waals surface area contributed by atoms with Crippen molar-refractivity contribution in [1.82, 2.24) is 0 Å². The van der Waals surface area contributed by atoms with E-state index in [9.17, 15) is 5.11 Å². The molecule has 14 heavy (non-hydrogen) atoms. The van der Waals surface area contributed by atoms with Crippen molar-refractivity contribution >= 4 is 11.6 Å². The van der Waals surface area contributed by atoms with Crippen molar-refractivity contribution in [2.75, 3.05) is 6.54 Å². The van der Waals surface area contributed by atoms with Gasteiger partial charge in [-0.15, -0.1) is 0 Å². The van der Waals surface area contributed by atoms with Gasteiger partial charge in [-0.2, -0.15) is 0 Å². The van der Waals surface area contributed by atoms with Crippen LogP contribution in [0.3, 0.4) is 0 Å². The molecule has 0 aromatic rings. The van der Waals surface area contributed by atoms with Crippen LogP contribution >= 0.6 is 11.6 Å². The normalized spacial score (nSPS) is 20.7. The molecule has 0 aliphatic heterocycles. The first-order valence-electron chi connectivity index (χ1n) is 4.24. The van der Waals surface area contributed by atoms with Crippen molar-refractivity contribution in [2.45, 2.75) is 6.42 Å². The molecule has 0 aromatic carbocycles. The second kappa shape index (κ2) is 4.88. The molecule has 0 spiro atoms. The maximum absolute atomic E-state index is 9.51. The molecule has 76 valence electrons. The molecule has 0 saturated carbocycles. The van der Waals surface area contributed by atoms with E-state index in [4.69, 9.17) is 23.1 Å². The van der Waals surface area contributed by atoms with Crippen molar-refractivity contribution in [3.8, 4) is 0 Å². The molecule has 0 unspecified atom stereocenters. The molecule has 0 saturated heterocycles. The molecule has 4 heteroatoms. The SMILES string of the molecule is NCC(N)=CC1=CC(=CCl)CC=C1O. The molecule has 5 N–H and O–H groups in total. The predicted octanol–water partition coefficient (Wildman–Crippen LogP) is 1.68. The third-order valence-electron chi connectivity index (χ3n) is 1.88. The highest BCUT2D eigenvalue weighted by molar-refractivity contribution is 6.25. The van der Waals surface area contributed by atoms with Gasteiger partial charge < -0.3 is 16.6 Å². The minimum atomic E-state index is 0.212. The minimum absolute atomic E-state index is 0.212. The number of halogens is 1. The molecule has 1 aliphatic rings. The molecular weight excluding hydrogens is 200 g/mol. The maximum Gasteiger partial charge on any atom is 0.119 e. The standard InChI is InChI=1S/C10H13ClN2O/c11-5-7-1-2-10(14)8(3-7)4-9(13)6-12/h2-5,14H,1,6,12-13H2. The van der Waals surface area contributed by atoms with Crippen LogP contribution in [0.4, 0.5) is 0 Å². The Hall–Kier alpha value is -1.19. The number of hydrogen-bond acceptors (Lipinski definition) is 3. The van der Waals surface area contributed by atoms with Gasteiger partial charge in [0, 0.05) is 23.4 Å². The van der Waals surface area contributed by atoms with Gasteiger partial charge in [0.2, 0.25) is 0 Å². The first kappa shape index (κ1) is 10.9. The first-order chi connectivity index (χ1) is 6.67. The van der Waals surface area contributed by atoms with Crippen LogP contribution in [0.1, 0.15) is 6.42 Å². The smallest absolute Gasteiger partial charge is 0.119 e. The Kier molecular flexibility index (Phi) is 3.80. The third kappa shape index (κ3) is 2.65. The first-order valence-corrected chi connectivity index (χ1v) is 4.67. The molecule has 1 rings (SSSR count). The molecule has 0 bridgehead atoms. The van der Waals surface area contributed by atoms with Gasteiger partial charge in [0.05, 0.1) is 0 Å². The predicted molar refractivity (Wildman–Crippen MR) is 58.7 cm³/mol. The van der Waals surface area contributed by atoms with Crippen LogP contribution in [-0.2, 0) is 0 Å². The molecule has 0 fully saturated rings. The van der Waals surface area contributed by atoms with Gasteiger partial charge in [0.15, 0.2) is 0 Å². The van der Waals surface area contributed by atoms with Gasteiger partial charge in [0.1, 0.15) is 5.76 Å². The Morgan fingerprint density at radius 3 is 2.93 bits per heavy atom. The summed E-state index contributed by atoms with van der Waals surface area (Å²) in [6, 6.07) is 0. The lowest BCUT2D eigenvalue weighted by Gasteiger charge is -2.10. The topological polar surface area (TPSA) is 72.3 Å². The van der Waals surface area contributed by atoms with Crippen LogP contribution in [0.25, 0.3) is 0 Å². The molecule has 0 radical (unpaired) electrons. The van der Waals surface area contributed by atoms with Gasteiger partial charge >= 0.3 is 0 Å². The van der Waals surface area contributed by atoms with Crippen LogP contribution in [0.5, 0.6) is 0 Å². The number of hydrogen-bond donors (Lipinski definition) is 3. The Morgan fingerprint density at radius 2 is 2.36 bits per heavy atom. The number of allylic oxidation sites excluding steroid dienone is 4. The summed E-state index contributed by atoms with van der Waals surface area (Å²) in [6.07, 6.45) is 5.75. The summed E-state index contributed by atoms with van der Waals surface area (Å²) >= 11 is 5.57. The van der Waals surface area contributed by atoms with E-state index in [0.717, 1.165) is 5.57 Å². The quantitative estimate of drug-likeness (QED) is 0.652. The monoisotopic (exact) mass is 212 g/mol. The van der Waals surface area contributed by atoms with E-state index in [-0.39, 0.29) is 12.3 Å². The molecule has 0 amide bonds. The highest BCUT2D eigenvalue weighted by Crippen LogP contribution is 2.22. The van der Waals surface area contributed by atoms with Crippen LogP contribution in [0.2, 0.25) is 0 Å². The van der Waals surface area contributed by atoms with Crippen molar-refractivity contribution in [3.05, 3.63) is 46.4 Å². The Morgan fingerprint density at radius 1 is 1.64 bits per heavy atom. The van der Waals surface area contributed by atoms with Crippen molar-refractivity contribution in [3.63, 3.8) is 0 Å². The van der Waals surface area contributed by atoms with E-state index in [2.05, 4.69) is 0 Å². The minimum Gasteiger partial charge on any atom is -0.508 e. The lowest BCUT2D eigenvalue weighted by molar-refractivity contribution is 0.422. The van der Waals surface area contributed by atoms with Crippen molar-refractivity contribution in [1.29, 1.82) is 0 Å². The number of rotatable bonds is 2. The summed E-state index contributed by atoms with van der Waals surface area (Å²) in [5.74, 6) is 0.212. The number of nitrogens with two attached hydrogens (primary N) is 2. The van der Waals surface area contributed by atoms with Gasteiger partial charge in [-0.05, 0) is 30.2 Å². The Bertz CT molecular complexity index is 340. The fraction of sp³-hybridized carbons (Fsp3) is 0.200. The summed E-state index contributed by atoms with van der Waals surface area (Å²) < 4.78 is 0. The van der Waals surface area contributed by atoms with Crippen molar-refractivity contribution < 1.29 is 5.11 Å². The molecule has 0 atom stereocenters. The zero-order valence-electron chi connectivity index (χ0n) is 7.70. The van der Waals surface area contributed by atoms with E-state index < -0.39 is 0 Å². The van der Waals surface area contributed by atoms with Gasteiger partial charge in [-0.3, -0.25) is 0 Å². The molecule has 3 nitrogen and oxygen atoms in total. The fourth-order valence-corrected chi connectivity index (χ4v) is 1.27. The van der Waals surface area contributed by atoms with E-state index in [1.165, 1.54) is 5.54 Å². The highest BCUT2D eigenvalue weighted by Gasteiger charge is 2.07. The average molecular weight is 213 g/mol. The number of aliphatic hydroxyl groups is 1. The lowest BCUT2D eigenvalue weighted by Crippen LogP contribution is -2.11. The van der Waals surface area contributed by atoms with Crippen LogP contribution in [0, 0.1) is 0 Å². The van der Waals surface area contributed by atoms with E-state index in [1.807, 2.05) is 0 Å². The second-order valence-corrected chi connectivity index (χ2v) is 3.22. The van der Waals surface area contributed by atoms with Crippen LogP contribution in [-0.4, -0.2) is 11.7 Å². The fourth-order valence-electron chi connectivity index (χ4n) is 1.12. The molecule has 1 aliphatic carbocycles. The van der Waals surface area contributed by atoms with Gasteiger partial charge in [-0.1, -0.05) is 11.6 Å². The second-order valence-electron chi connectivity index (χ2n) is 3.00. The third-order valence-corrected chi connectivity index (χ3v) is 2.16. The summed E-state index contributed by atoms with van der Waals surface area (Å²) in [6.45, 7) is 0.268. The molecular formula is C10H13ClN2O. The highest BCUT2D eigenvalue weighted by atomic mass is 35.5. The van der Waals surface area contributed by atoms with Gasteiger partial charge in [-0.25, -0.2) is 0 Å². The lowest BCUT2D eigenvalue weighted by atomic mass is 10.0. The Labute approximate surface area is 88.0 Å². The summed E-state index contributed by atoms with van der Waals surface area (Å²) in [5.41, 5.74) is 14.5. The Balaban J connectivity index is 2.95. The van der Waals surface area contributed by atoms with Gasteiger partial charge in [0.25, 0.3) is 0 Å². The van der Waals surface area contributed by atoms with Crippen LogP contribution in [0.15, 0.2) is 46.4 Å². The van der Waals surface area contributed by atoms with E-state index >= 15 is 0 Å². The number of aliphatic hydroxyl groups excluding tert-OH is 1. The van der Waals surface area contributed by atoms with Crippen molar-refractivity contribution in [2.24, 2.45) is 11.5 Å². The summed E-state index contributed by atoms with van der Waals surface area (Å²) in [7, 11) is 0. The summed E-state index contributed by atoms with van der Waals surface area (Å²) in [5, 5.41) is 9.51. The maximum atomic E-state index is 9.51. The zero-order valence-corrected chi connectivity index (χ0v) is 8.46. The molecule has 0 heterocycles. The van der Waals surface area contributed by atoms with E-state index in [0.29, 0.717) is 17.7 Å².